The number of aromatic hydroxyl groups is 1. The van der Waals surface area contributed by atoms with E-state index in [0.29, 0.717) is 16.5 Å². The van der Waals surface area contributed by atoms with Crippen LogP contribution in [0.2, 0.25) is 0 Å². The molecule has 0 radical (unpaired) electrons. The molecule has 0 aliphatic rings. The molecule has 35 heavy (non-hydrogen) atoms. The standard InChI is InChI=1S/C24H15N9O2/c1-25-19-14-29-33(24-27-9-4-10-28-24)22(19)32-31-18-13-15-5-2-3-6-17(15)20(21(18)34)23(35)30-16-7-11-26-12-8-16/h2-14,34H,(H,26,30,35). The van der Waals surface area contributed by atoms with Crippen LogP contribution in [-0.4, -0.2) is 35.7 Å². The maximum Gasteiger partial charge on any atom is 0.260 e. The van der Waals surface area contributed by atoms with Crippen LogP contribution >= 0.6 is 0 Å². The van der Waals surface area contributed by atoms with Crippen molar-refractivity contribution in [3.8, 4) is 11.7 Å². The number of pyridine rings is 1. The van der Waals surface area contributed by atoms with Gasteiger partial charge in [0, 0.05) is 30.5 Å². The van der Waals surface area contributed by atoms with Gasteiger partial charge in [-0.3, -0.25) is 9.78 Å². The number of carbonyl (C=O) groups is 1. The lowest BCUT2D eigenvalue weighted by molar-refractivity contribution is 0.102. The van der Waals surface area contributed by atoms with Gasteiger partial charge in [0.2, 0.25) is 0 Å². The van der Waals surface area contributed by atoms with Crippen LogP contribution in [0.25, 0.3) is 21.6 Å². The predicted octanol–water partition coefficient (Wildman–Crippen LogP) is 5.13. The molecule has 0 saturated heterocycles. The molecule has 11 heteroatoms. The summed E-state index contributed by atoms with van der Waals surface area (Å²) in [5.74, 6) is -0.588. The third-order valence-electron chi connectivity index (χ3n) is 5.01. The molecule has 3 aromatic heterocycles. The Morgan fingerprint density at radius 1 is 1.03 bits per heavy atom. The van der Waals surface area contributed by atoms with Gasteiger partial charge in [0.25, 0.3) is 17.5 Å². The molecule has 0 saturated carbocycles. The van der Waals surface area contributed by atoms with Gasteiger partial charge in [0.15, 0.2) is 11.6 Å². The summed E-state index contributed by atoms with van der Waals surface area (Å²) < 4.78 is 1.27. The van der Waals surface area contributed by atoms with Gasteiger partial charge in [-0.05, 0) is 35.0 Å². The molecule has 0 atom stereocenters. The van der Waals surface area contributed by atoms with E-state index in [-0.39, 0.29) is 34.5 Å². The molecule has 168 valence electrons. The first kappa shape index (κ1) is 21.4. The Bertz CT molecular complexity index is 1610. The van der Waals surface area contributed by atoms with Crippen LogP contribution in [0.15, 0.2) is 89.7 Å². The number of amides is 1. The van der Waals surface area contributed by atoms with Gasteiger partial charge >= 0.3 is 0 Å². The second-order valence-electron chi connectivity index (χ2n) is 7.16. The van der Waals surface area contributed by atoms with Crippen LogP contribution in [0.4, 0.5) is 22.9 Å². The number of anilines is 1. The number of fused-ring (bicyclic) bond motifs is 1. The Hall–Kier alpha value is -5.50. The summed E-state index contributed by atoms with van der Waals surface area (Å²) in [6.07, 6.45) is 7.49. The number of hydrogen-bond acceptors (Lipinski definition) is 8. The van der Waals surface area contributed by atoms with Crippen molar-refractivity contribution in [1.29, 1.82) is 0 Å². The minimum Gasteiger partial charge on any atom is -0.505 e. The summed E-state index contributed by atoms with van der Waals surface area (Å²) in [5, 5.41) is 27.5. The van der Waals surface area contributed by atoms with E-state index >= 15 is 0 Å². The lowest BCUT2D eigenvalue weighted by Crippen LogP contribution is -2.12. The quantitative estimate of drug-likeness (QED) is 0.275. The van der Waals surface area contributed by atoms with Crippen LogP contribution in [0, 0.1) is 6.57 Å². The predicted molar refractivity (Wildman–Crippen MR) is 127 cm³/mol. The number of rotatable bonds is 5. The summed E-state index contributed by atoms with van der Waals surface area (Å²) in [5.41, 5.74) is 0.728. The van der Waals surface area contributed by atoms with Crippen molar-refractivity contribution < 1.29 is 9.90 Å². The fourth-order valence-electron chi connectivity index (χ4n) is 3.41. The van der Waals surface area contributed by atoms with Crippen LogP contribution < -0.4 is 5.32 Å². The monoisotopic (exact) mass is 461 g/mol. The van der Waals surface area contributed by atoms with E-state index in [4.69, 9.17) is 6.57 Å². The third kappa shape index (κ3) is 4.14. The first-order valence-electron chi connectivity index (χ1n) is 10.3. The van der Waals surface area contributed by atoms with E-state index in [0.717, 1.165) is 0 Å². The molecule has 3 heterocycles. The number of aromatic nitrogens is 5. The van der Waals surface area contributed by atoms with Gasteiger partial charge in [0.1, 0.15) is 5.69 Å². The van der Waals surface area contributed by atoms with Crippen LogP contribution in [0.3, 0.4) is 0 Å². The van der Waals surface area contributed by atoms with E-state index in [2.05, 4.69) is 40.4 Å². The van der Waals surface area contributed by atoms with Gasteiger partial charge in [-0.2, -0.15) is 9.78 Å². The van der Waals surface area contributed by atoms with E-state index in [1.54, 1.807) is 54.9 Å². The number of benzene rings is 2. The normalized spacial score (nSPS) is 10.9. The average Bonchev–Trinajstić information content (AvgIpc) is 3.31. The highest BCUT2D eigenvalue weighted by Gasteiger charge is 2.20. The number of nitrogens with one attached hydrogen (secondary N) is 1. The van der Waals surface area contributed by atoms with Crippen molar-refractivity contribution >= 4 is 39.6 Å². The largest absolute Gasteiger partial charge is 0.505 e. The molecule has 0 aliphatic carbocycles. The highest BCUT2D eigenvalue weighted by Crippen LogP contribution is 2.39. The fraction of sp³-hybridized carbons (Fsp3) is 0. The topological polar surface area (TPSA) is 135 Å². The Morgan fingerprint density at radius 3 is 2.57 bits per heavy atom. The maximum absolute atomic E-state index is 13.1. The minimum absolute atomic E-state index is 0.0409. The number of carbonyl (C=O) groups excluding carboxylic acids is 1. The molecular weight excluding hydrogens is 446 g/mol. The number of azo groups is 1. The summed E-state index contributed by atoms with van der Waals surface area (Å²) in [6, 6.07) is 13.6. The number of nitrogens with zero attached hydrogens (tertiary/aromatic N) is 8. The zero-order valence-electron chi connectivity index (χ0n) is 17.9. The van der Waals surface area contributed by atoms with Crippen molar-refractivity contribution in [2.75, 3.05) is 5.32 Å². The third-order valence-corrected chi connectivity index (χ3v) is 5.01. The van der Waals surface area contributed by atoms with Crippen molar-refractivity contribution in [3.63, 3.8) is 0 Å². The van der Waals surface area contributed by atoms with E-state index in [1.165, 1.54) is 23.3 Å². The van der Waals surface area contributed by atoms with E-state index in [1.807, 2.05) is 6.07 Å². The highest BCUT2D eigenvalue weighted by molar-refractivity contribution is 6.16. The molecule has 0 bridgehead atoms. The molecule has 5 rings (SSSR count). The fourth-order valence-corrected chi connectivity index (χ4v) is 3.41. The first-order chi connectivity index (χ1) is 17.2. The van der Waals surface area contributed by atoms with Crippen molar-refractivity contribution in [2.45, 2.75) is 0 Å². The van der Waals surface area contributed by atoms with Gasteiger partial charge in [-0.15, -0.1) is 10.2 Å². The Kier molecular flexibility index (Phi) is 5.59. The molecule has 0 fully saturated rings. The van der Waals surface area contributed by atoms with E-state index < -0.39 is 5.91 Å². The smallest absolute Gasteiger partial charge is 0.260 e. The zero-order valence-corrected chi connectivity index (χ0v) is 17.9. The highest BCUT2D eigenvalue weighted by atomic mass is 16.3. The van der Waals surface area contributed by atoms with E-state index in [9.17, 15) is 9.90 Å². The Labute approximate surface area is 198 Å². The molecule has 0 unspecified atom stereocenters. The molecule has 2 aromatic carbocycles. The summed E-state index contributed by atoms with van der Waals surface area (Å²) in [6.45, 7) is 7.41. The Morgan fingerprint density at radius 2 is 1.80 bits per heavy atom. The van der Waals surface area contributed by atoms with Gasteiger partial charge in [-0.25, -0.2) is 14.8 Å². The van der Waals surface area contributed by atoms with Crippen molar-refractivity contribution in [2.24, 2.45) is 10.2 Å². The van der Waals surface area contributed by atoms with Crippen molar-refractivity contribution in [1.82, 2.24) is 24.7 Å². The molecular formula is C24H15N9O2. The maximum atomic E-state index is 13.1. The van der Waals surface area contributed by atoms with Crippen LogP contribution in [0.1, 0.15) is 10.4 Å². The average molecular weight is 461 g/mol. The molecule has 1 amide bonds. The molecule has 11 nitrogen and oxygen atoms in total. The molecule has 0 spiro atoms. The SMILES string of the molecule is [C-]#[N+]c1cnn(-c2ncccn2)c1N=Nc1cc2ccccc2c(C(=O)Nc2ccncc2)c1O. The van der Waals surface area contributed by atoms with Crippen LogP contribution in [-0.2, 0) is 0 Å². The number of hydrogen-bond donors (Lipinski definition) is 2. The molecule has 0 aliphatic heterocycles. The lowest BCUT2D eigenvalue weighted by atomic mass is 10.0. The summed E-state index contributed by atoms with van der Waals surface area (Å²) >= 11 is 0. The summed E-state index contributed by atoms with van der Waals surface area (Å²) in [4.78, 5) is 28.7. The molecule has 2 N–H and O–H groups in total. The van der Waals surface area contributed by atoms with Crippen molar-refractivity contribution in [3.05, 3.63) is 96.5 Å². The zero-order chi connectivity index (χ0) is 24.2. The van der Waals surface area contributed by atoms with Gasteiger partial charge < -0.3 is 10.4 Å². The number of phenolic OH excluding ortho intramolecular Hbond substituents is 1. The van der Waals surface area contributed by atoms with Gasteiger partial charge in [-0.1, -0.05) is 24.3 Å². The lowest BCUT2D eigenvalue weighted by Gasteiger charge is -2.12. The minimum atomic E-state index is -0.522. The number of phenols is 1. The van der Waals surface area contributed by atoms with Gasteiger partial charge in [0.05, 0.1) is 18.3 Å². The second kappa shape index (κ2) is 9.16. The first-order valence-corrected chi connectivity index (χ1v) is 10.3. The van der Waals surface area contributed by atoms with Crippen LogP contribution in [0.5, 0.6) is 5.75 Å². The Balaban J connectivity index is 1.60. The molecule has 5 aromatic rings. The summed E-state index contributed by atoms with van der Waals surface area (Å²) in [7, 11) is 0. The second-order valence-corrected chi connectivity index (χ2v) is 7.16.